The van der Waals surface area contributed by atoms with E-state index in [1.807, 2.05) is 65.4 Å². The number of rotatable bonds is 14. The first-order valence-electron chi connectivity index (χ1n) is 18.9. The van der Waals surface area contributed by atoms with E-state index in [9.17, 15) is 14.4 Å². The molecule has 2 fully saturated rings. The third-order valence-electron chi connectivity index (χ3n) is 10.8. The second-order valence-electron chi connectivity index (χ2n) is 14.2. The summed E-state index contributed by atoms with van der Waals surface area (Å²) >= 11 is 0. The van der Waals surface area contributed by atoms with E-state index >= 15 is 0 Å². The quantitative estimate of drug-likeness (QED) is 0.222. The number of piperazine rings is 1. The van der Waals surface area contributed by atoms with Gasteiger partial charge in [0.2, 0.25) is 0 Å². The highest BCUT2D eigenvalue weighted by molar-refractivity contribution is 5.97. The van der Waals surface area contributed by atoms with Crippen LogP contribution in [0, 0.1) is 0 Å². The molecule has 286 valence electrons. The van der Waals surface area contributed by atoms with Crippen LogP contribution in [0.3, 0.4) is 0 Å². The summed E-state index contributed by atoms with van der Waals surface area (Å²) in [5, 5.41) is 15.2. The summed E-state index contributed by atoms with van der Waals surface area (Å²) < 4.78 is 10.7. The van der Waals surface area contributed by atoms with Gasteiger partial charge in [-0.05, 0) is 66.8 Å². The average Bonchev–Trinajstić information content (AvgIpc) is 3.76. The van der Waals surface area contributed by atoms with Crippen LogP contribution in [0.1, 0.15) is 65.2 Å². The fourth-order valence-corrected chi connectivity index (χ4v) is 7.67. The number of likely N-dealkylation sites (N-methyl/N-ethyl adjacent to an activating group) is 1. The van der Waals surface area contributed by atoms with Gasteiger partial charge in [-0.1, -0.05) is 66.7 Å². The molecule has 3 aliphatic rings. The van der Waals surface area contributed by atoms with Crippen LogP contribution in [0.4, 0.5) is 4.79 Å². The number of hydrogen-bond donors (Lipinski definition) is 1. The summed E-state index contributed by atoms with van der Waals surface area (Å²) in [5.74, 6) is 0.264. The van der Waals surface area contributed by atoms with E-state index in [4.69, 9.17) is 9.47 Å². The Labute approximate surface area is 318 Å². The van der Waals surface area contributed by atoms with Crippen molar-refractivity contribution in [2.24, 2.45) is 15.4 Å². The molecule has 0 spiro atoms. The zero-order valence-electron chi connectivity index (χ0n) is 31.6. The Kier molecular flexibility index (Phi) is 13.0. The van der Waals surface area contributed by atoms with Gasteiger partial charge >= 0.3 is 12.0 Å². The van der Waals surface area contributed by atoms with E-state index in [1.54, 1.807) is 31.2 Å². The van der Waals surface area contributed by atoms with Crippen LogP contribution in [-0.2, 0) is 15.1 Å². The first-order valence-corrected chi connectivity index (χ1v) is 18.9. The molecule has 0 bridgehead atoms. The lowest BCUT2D eigenvalue weighted by atomic mass is 9.80. The van der Waals surface area contributed by atoms with Crippen molar-refractivity contribution >= 4 is 24.1 Å². The second kappa shape index (κ2) is 18.3. The van der Waals surface area contributed by atoms with Crippen LogP contribution in [0.15, 0.2) is 94.3 Å². The average molecular weight is 737 g/mol. The lowest BCUT2D eigenvalue weighted by Gasteiger charge is -2.44. The van der Waals surface area contributed by atoms with Gasteiger partial charge in [-0.25, -0.2) is 4.79 Å². The van der Waals surface area contributed by atoms with E-state index in [0.717, 1.165) is 50.0 Å². The van der Waals surface area contributed by atoms with Crippen molar-refractivity contribution in [1.29, 1.82) is 0 Å². The Morgan fingerprint density at radius 3 is 2.28 bits per heavy atom. The fraction of sp³-hybridized carbons (Fsp3) is 0.463. The summed E-state index contributed by atoms with van der Waals surface area (Å²) in [6.07, 6.45) is 4.07. The van der Waals surface area contributed by atoms with Gasteiger partial charge in [-0.2, -0.15) is 5.11 Å². The van der Waals surface area contributed by atoms with Crippen LogP contribution in [0.2, 0.25) is 0 Å². The van der Waals surface area contributed by atoms with Gasteiger partial charge in [0.15, 0.2) is 0 Å². The first-order chi connectivity index (χ1) is 26.3. The third kappa shape index (κ3) is 9.50. The minimum atomic E-state index is -0.484. The zero-order chi connectivity index (χ0) is 37.9. The summed E-state index contributed by atoms with van der Waals surface area (Å²) in [7, 11) is 3.42. The van der Waals surface area contributed by atoms with Crippen LogP contribution in [0.25, 0.3) is 0 Å². The molecule has 6 rings (SSSR count). The molecule has 0 aromatic heterocycles. The minimum Gasteiger partial charge on any atom is -0.496 e. The molecular formula is C41H52N8O5. The number of carbonyl (C=O) groups excluding carboxylic acids is 3. The predicted octanol–water partition coefficient (Wildman–Crippen LogP) is 5.32. The molecule has 54 heavy (non-hydrogen) atoms. The number of urea groups is 1. The van der Waals surface area contributed by atoms with Crippen molar-refractivity contribution in [3.8, 4) is 5.75 Å². The van der Waals surface area contributed by atoms with Crippen LogP contribution in [0.5, 0.6) is 5.75 Å². The lowest BCUT2D eigenvalue weighted by molar-refractivity contribution is -0.144. The van der Waals surface area contributed by atoms with E-state index in [-0.39, 0.29) is 36.4 Å². The maximum atomic E-state index is 13.9. The summed E-state index contributed by atoms with van der Waals surface area (Å²) in [5.41, 5.74) is 3.13. The molecule has 1 N–H and O–H groups in total. The number of esters is 1. The highest BCUT2D eigenvalue weighted by Gasteiger charge is 2.39. The maximum Gasteiger partial charge on any atom is 0.320 e. The van der Waals surface area contributed by atoms with Gasteiger partial charge in [0, 0.05) is 58.8 Å². The number of hydrogen-bond acceptors (Lipinski definition) is 10. The largest absolute Gasteiger partial charge is 0.496 e. The van der Waals surface area contributed by atoms with Gasteiger partial charge in [0.05, 0.1) is 37.6 Å². The van der Waals surface area contributed by atoms with Crippen LogP contribution in [-0.4, -0.2) is 123 Å². The Morgan fingerprint density at radius 1 is 0.926 bits per heavy atom. The van der Waals surface area contributed by atoms with E-state index in [1.165, 1.54) is 5.56 Å². The standard InChI is InChI=1S/C41H52N8O5/c1-4-54-38(50)30-48-23-25-49(26-24-48)40(52)43-41(34-13-9-6-10-14-34)18-21-47(22-19-41)20-17-33(31-11-7-5-8-12-31)29-46(2)39(51)35-27-32(15-16-37(35)53-3)36-28-42-45-44-36/h5-16,27-28,33,36H,4,17-26,29-30H2,1-3H3,(H,43,52). The Morgan fingerprint density at radius 2 is 1.63 bits per heavy atom. The number of nitrogens with zero attached hydrogens (tertiary/aromatic N) is 7. The number of nitrogens with one attached hydrogen (secondary N) is 1. The summed E-state index contributed by atoms with van der Waals surface area (Å²) in [4.78, 5) is 47.8. The van der Waals surface area contributed by atoms with Crippen LogP contribution >= 0.6 is 0 Å². The fourth-order valence-electron chi connectivity index (χ4n) is 7.67. The molecule has 2 saturated heterocycles. The molecule has 3 aliphatic heterocycles. The number of likely N-dealkylation sites (tertiary alicyclic amines) is 1. The summed E-state index contributed by atoms with van der Waals surface area (Å²) in [6, 6.07) is 25.8. The molecule has 2 atom stereocenters. The number of amides is 3. The Bertz CT molecular complexity index is 1760. The van der Waals surface area contributed by atoms with Crippen molar-refractivity contribution in [2.75, 3.05) is 79.7 Å². The molecule has 2 unspecified atom stereocenters. The van der Waals surface area contributed by atoms with Crippen molar-refractivity contribution in [3.63, 3.8) is 0 Å². The van der Waals surface area contributed by atoms with E-state index in [2.05, 4.69) is 49.9 Å². The van der Waals surface area contributed by atoms with E-state index in [0.29, 0.717) is 50.6 Å². The Balaban J connectivity index is 1.09. The van der Waals surface area contributed by atoms with Crippen molar-refractivity contribution in [2.45, 2.75) is 43.7 Å². The summed E-state index contributed by atoms with van der Waals surface area (Å²) in [6.45, 7) is 7.82. The van der Waals surface area contributed by atoms with Gasteiger partial charge in [0.25, 0.3) is 5.91 Å². The van der Waals surface area contributed by atoms with Gasteiger partial charge in [-0.3, -0.25) is 14.5 Å². The van der Waals surface area contributed by atoms with Crippen molar-refractivity contribution in [1.82, 2.24) is 24.9 Å². The number of carbonyl (C=O) groups is 3. The van der Waals surface area contributed by atoms with Gasteiger partial charge in [-0.15, -0.1) is 5.10 Å². The maximum absolute atomic E-state index is 13.9. The highest BCUT2D eigenvalue weighted by atomic mass is 16.5. The monoisotopic (exact) mass is 736 g/mol. The molecule has 3 heterocycles. The topological polar surface area (TPSA) is 132 Å². The molecule has 3 aromatic carbocycles. The smallest absolute Gasteiger partial charge is 0.320 e. The van der Waals surface area contributed by atoms with Crippen molar-refractivity contribution < 1.29 is 23.9 Å². The van der Waals surface area contributed by atoms with E-state index < -0.39 is 5.54 Å². The first kappa shape index (κ1) is 38.6. The molecular weight excluding hydrogens is 685 g/mol. The highest BCUT2D eigenvalue weighted by Crippen LogP contribution is 2.34. The Hall–Kier alpha value is -5.14. The minimum absolute atomic E-state index is 0.0668. The van der Waals surface area contributed by atoms with Gasteiger partial charge in [0.1, 0.15) is 11.8 Å². The lowest BCUT2D eigenvalue weighted by Crippen LogP contribution is -2.59. The van der Waals surface area contributed by atoms with Gasteiger partial charge < -0.3 is 29.5 Å². The third-order valence-corrected chi connectivity index (χ3v) is 10.8. The second-order valence-corrected chi connectivity index (χ2v) is 14.2. The molecule has 3 amide bonds. The zero-order valence-corrected chi connectivity index (χ0v) is 31.6. The number of benzene rings is 3. The SMILES string of the molecule is CCOC(=O)CN1CCN(C(=O)NC2(c3ccccc3)CCN(CCC(CN(C)C(=O)c3cc(C4C=NN=N4)ccc3OC)c3ccccc3)CC2)CC1. The predicted molar refractivity (Wildman–Crippen MR) is 207 cm³/mol. The molecule has 0 saturated carbocycles. The molecule has 13 heteroatoms. The molecule has 3 aromatic rings. The number of methoxy groups -OCH3 is 1. The number of piperidine rings is 1. The number of ether oxygens (including phenoxy) is 2. The molecule has 0 radical (unpaired) electrons. The van der Waals surface area contributed by atoms with Crippen molar-refractivity contribution in [3.05, 3.63) is 101 Å². The van der Waals surface area contributed by atoms with Crippen LogP contribution < -0.4 is 10.1 Å². The molecule has 0 aliphatic carbocycles. The molecule has 13 nitrogen and oxygen atoms in total. The normalized spacial score (nSPS) is 18.9.